The largest absolute Gasteiger partial charge is 0.481 e. The van der Waals surface area contributed by atoms with Gasteiger partial charge in [0, 0.05) is 38.5 Å². The maximum Gasteiger partial charge on any atom is 0.410 e. The van der Waals surface area contributed by atoms with E-state index in [0.29, 0.717) is 26.2 Å². The topological polar surface area (TPSA) is 145 Å². The molecule has 0 spiro atoms. The number of carboxylic acids is 2. The van der Waals surface area contributed by atoms with E-state index in [4.69, 9.17) is 4.74 Å². The van der Waals surface area contributed by atoms with Crippen LogP contribution in [-0.2, 0) is 19.1 Å². The number of Topliss-reactive ketones (excluding diaryl/α,β-unsaturated/α-hetero) is 1. The minimum absolute atomic E-state index is 0.00626. The predicted octanol–water partition coefficient (Wildman–Crippen LogP) is 2.09. The first-order valence-corrected chi connectivity index (χ1v) is 11.4. The van der Waals surface area contributed by atoms with Gasteiger partial charge < -0.3 is 29.9 Å². The van der Waals surface area contributed by atoms with Gasteiger partial charge in [-0.25, -0.2) is 9.18 Å². The van der Waals surface area contributed by atoms with Gasteiger partial charge in [-0.3, -0.25) is 14.4 Å². The molecule has 11 heteroatoms. The van der Waals surface area contributed by atoms with Crippen LogP contribution in [0, 0.1) is 17.7 Å². The van der Waals surface area contributed by atoms with E-state index in [1.165, 1.54) is 24.0 Å². The highest BCUT2D eigenvalue weighted by atomic mass is 19.1. The molecule has 4 atom stereocenters. The molecule has 1 amide bonds. The molecular weight excluding hydrogens is 463 g/mol. The summed E-state index contributed by atoms with van der Waals surface area (Å²) in [5.74, 6) is -9.32. The van der Waals surface area contributed by atoms with Crippen LogP contribution in [-0.4, -0.2) is 81.4 Å². The van der Waals surface area contributed by atoms with E-state index in [2.05, 4.69) is 0 Å². The Kier molecular flexibility index (Phi) is 7.12. The molecule has 2 fully saturated rings. The molecule has 10 nitrogen and oxygen atoms in total. The van der Waals surface area contributed by atoms with Gasteiger partial charge in [-0.15, -0.1) is 0 Å². The summed E-state index contributed by atoms with van der Waals surface area (Å²) in [4.78, 5) is 51.8. The second-order valence-electron chi connectivity index (χ2n) is 10.3. The molecule has 3 rings (SSSR count). The zero-order valence-electron chi connectivity index (χ0n) is 20.2. The van der Waals surface area contributed by atoms with Crippen LogP contribution in [0.5, 0.6) is 0 Å². The number of benzene rings is 1. The molecule has 4 unspecified atom stereocenters. The lowest BCUT2D eigenvalue weighted by Crippen LogP contribution is -2.54. The van der Waals surface area contributed by atoms with Gasteiger partial charge in [0.25, 0.3) is 0 Å². The smallest absolute Gasteiger partial charge is 0.410 e. The Bertz CT molecular complexity index is 1030. The van der Waals surface area contributed by atoms with Gasteiger partial charge in [0.1, 0.15) is 17.3 Å². The third-order valence-corrected chi connectivity index (χ3v) is 6.43. The first-order valence-electron chi connectivity index (χ1n) is 11.4. The first kappa shape index (κ1) is 26.4. The van der Waals surface area contributed by atoms with E-state index in [0.717, 1.165) is 6.07 Å². The number of ketones is 1. The number of piperazine rings is 1. The van der Waals surface area contributed by atoms with Gasteiger partial charge in [0.05, 0.1) is 17.2 Å². The van der Waals surface area contributed by atoms with Gasteiger partial charge in [0.2, 0.25) is 0 Å². The summed E-state index contributed by atoms with van der Waals surface area (Å²) in [5.41, 5.74) is -2.42. The molecule has 0 radical (unpaired) electrons. The van der Waals surface area contributed by atoms with Crippen molar-refractivity contribution in [3.05, 3.63) is 29.6 Å². The van der Waals surface area contributed by atoms with Crippen molar-refractivity contribution in [1.29, 1.82) is 0 Å². The number of aliphatic carboxylic acids is 2. The summed E-state index contributed by atoms with van der Waals surface area (Å²) in [7, 11) is 0. The van der Waals surface area contributed by atoms with Crippen LogP contribution in [0.3, 0.4) is 0 Å². The standard InChI is InChI=1S/C24H31FN2O8/c1-23(2,3)35-22(33)27-9-7-26(8-10-27)15-6-5-13(11-14(15)25)17-18(20(29)30)16(28)12-24(4,34)19(17)21(31)32/h5-6,11,17-19,34H,7-10,12H2,1-4H3,(H,29,30)(H,31,32). The van der Waals surface area contributed by atoms with E-state index in [1.54, 1.807) is 25.7 Å². The van der Waals surface area contributed by atoms with Gasteiger partial charge in [-0.2, -0.15) is 0 Å². The minimum Gasteiger partial charge on any atom is -0.481 e. The average molecular weight is 495 g/mol. The van der Waals surface area contributed by atoms with Crippen molar-refractivity contribution in [1.82, 2.24) is 4.90 Å². The van der Waals surface area contributed by atoms with E-state index in [-0.39, 0.29) is 11.3 Å². The van der Waals surface area contributed by atoms with Crippen LogP contribution in [0.25, 0.3) is 0 Å². The monoisotopic (exact) mass is 494 g/mol. The van der Waals surface area contributed by atoms with Crippen molar-refractivity contribution in [2.75, 3.05) is 31.1 Å². The highest BCUT2D eigenvalue weighted by Gasteiger charge is 2.56. The SMILES string of the molecule is CC(C)(C)OC(=O)N1CCN(c2ccc(C3C(C(=O)O)C(=O)CC(C)(O)C3C(=O)O)cc2F)CC1. The molecule has 1 saturated heterocycles. The van der Waals surface area contributed by atoms with Gasteiger partial charge in [0.15, 0.2) is 5.78 Å². The number of hydrogen-bond acceptors (Lipinski definition) is 7. The van der Waals surface area contributed by atoms with Gasteiger partial charge in [-0.05, 0) is 45.4 Å². The Morgan fingerprint density at radius 2 is 1.69 bits per heavy atom. The van der Waals surface area contributed by atoms with Crippen LogP contribution >= 0.6 is 0 Å². The maximum atomic E-state index is 15.2. The lowest BCUT2D eigenvalue weighted by atomic mass is 9.62. The Morgan fingerprint density at radius 3 is 2.17 bits per heavy atom. The number of amides is 1. The molecule has 2 aliphatic rings. The number of carboxylic acid groups (broad SMARTS) is 2. The normalized spacial score (nSPS) is 27.5. The van der Waals surface area contributed by atoms with Crippen molar-refractivity contribution in [3.63, 3.8) is 0 Å². The predicted molar refractivity (Wildman–Crippen MR) is 122 cm³/mol. The van der Waals surface area contributed by atoms with Gasteiger partial charge in [-0.1, -0.05) is 6.07 Å². The fourth-order valence-electron chi connectivity index (χ4n) is 4.89. The number of carbonyl (C=O) groups excluding carboxylic acids is 2. The van der Waals surface area contributed by atoms with Crippen molar-refractivity contribution in [3.8, 4) is 0 Å². The molecule has 1 saturated carbocycles. The molecule has 1 heterocycles. The molecule has 3 N–H and O–H groups in total. The number of halogens is 1. The minimum atomic E-state index is -1.99. The third kappa shape index (κ3) is 5.55. The number of rotatable bonds is 4. The number of nitrogens with zero attached hydrogens (tertiary/aromatic N) is 2. The second-order valence-corrected chi connectivity index (χ2v) is 10.3. The number of carbonyl (C=O) groups is 4. The molecule has 1 aromatic carbocycles. The van der Waals surface area contributed by atoms with Crippen LogP contribution < -0.4 is 4.90 Å². The molecule has 0 aromatic heterocycles. The fraction of sp³-hybridized carbons (Fsp3) is 0.583. The fourth-order valence-corrected chi connectivity index (χ4v) is 4.89. The second kappa shape index (κ2) is 9.44. The number of hydrogen-bond donors (Lipinski definition) is 3. The van der Waals surface area contributed by atoms with E-state index < -0.39 is 65.0 Å². The molecule has 192 valence electrons. The van der Waals surface area contributed by atoms with Gasteiger partial charge >= 0.3 is 18.0 Å². The van der Waals surface area contributed by atoms with Crippen LogP contribution in [0.2, 0.25) is 0 Å². The third-order valence-electron chi connectivity index (χ3n) is 6.43. The maximum absolute atomic E-state index is 15.2. The number of anilines is 1. The highest BCUT2D eigenvalue weighted by molar-refractivity contribution is 6.02. The molecule has 1 aromatic rings. The quantitative estimate of drug-likeness (QED) is 0.536. The lowest BCUT2D eigenvalue weighted by molar-refractivity contribution is -0.167. The molecular formula is C24H31FN2O8. The van der Waals surface area contributed by atoms with E-state index in [9.17, 15) is 34.5 Å². The summed E-state index contributed by atoms with van der Waals surface area (Å²) >= 11 is 0. The average Bonchev–Trinajstić information content (AvgIpc) is 2.70. The number of aliphatic hydroxyl groups is 1. The van der Waals surface area contributed by atoms with E-state index in [1.807, 2.05) is 0 Å². The Labute approximate surface area is 202 Å². The van der Waals surface area contributed by atoms with Crippen LogP contribution in [0.4, 0.5) is 14.9 Å². The molecule has 0 bridgehead atoms. The Hall–Kier alpha value is -3.21. The zero-order chi connectivity index (χ0) is 26.3. The summed E-state index contributed by atoms with van der Waals surface area (Å²) in [6, 6.07) is 3.82. The molecule has 35 heavy (non-hydrogen) atoms. The Morgan fingerprint density at radius 1 is 1.09 bits per heavy atom. The summed E-state index contributed by atoms with van der Waals surface area (Å²) in [6.07, 6.45) is -1.08. The molecule has 1 aliphatic carbocycles. The zero-order valence-corrected chi connectivity index (χ0v) is 20.2. The van der Waals surface area contributed by atoms with Crippen molar-refractivity contribution in [2.24, 2.45) is 11.8 Å². The van der Waals surface area contributed by atoms with Crippen LogP contribution in [0.15, 0.2) is 18.2 Å². The van der Waals surface area contributed by atoms with Crippen molar-refractivity contribution >= 4 is 29.5 Å². The van der Waals surface area contributed by atoms with E-state index >= 15 is 4.39 Å². The highest BCUT2D eigenvalue weighted by Crippen LogP contribution is 2.46. The van der Waals surface area contributed by atoms with Crippen molar-refractivity contribution < 1.29 is 43.6 Å². The first-order chi connectivity index (χ1) is 16.1. The summed E-state index contributed by atoms with van der Waals surface area (Å²) in [5, 5.41) is 30.0. The Balaban J connectivity index is 1.85. The molecule has 1 aliphatic heterocycles. The van der Waals surface area contributed by atoms with Crippen molar-refractivity contribution in [2.45, 2.75) is 51.2 Å². The summed E-state index contributed by atoms with van der Waals surface area (Å²) in [6.45, 7) is 7.72. The van der Waals surface area contributed by atoms with Crippen LogP contribution in [0.1, 0.15) is 45.6 Å². The summed E-state index contributed by atoms with van der Waals surface area (Å²) < 4.78 is 20.6. The number of ether oxygens (including phenoxy) is 1. The lowest BCUT2D eigenvalue weighted by Gasteiger charge is -2.42.